The molecule has 1 rings (SSSR count). The first-order chi connectivity index (χ1) is 6.96. The lowest BCUT2D eigenvalue weighted by Crippen LogP contribution is -2.15. The van der Waals surface area contributed by atoms with Crippen molar-refractivity contribution in [3.8, 4) is 0 Å². The van der Waals surface area contributed by atoms with Gasteiger partial charge in [-0.05, 0) is 11.6 Å². The summed E-state index contributed by atoms with van der Waals surface area (Å²) in [7, 11) is -2.13. The molecule has 0 amide bonds. The number of methoxy groups -OCH3 is 1. The second-order valence-corrected chi connectivity index (χ2v) is 5.64. The van der Waals surface area contributed by atoms with Crippen LogP contribution in [0.2, 0.25) is 0 Å². The topological polar surface area (TPSA) is 69.4 Å². The van der Waals surface area contributed by atoms with Crippen LogP contribution in [0, 0.1) is 0 Å². The Bertz CT molecular complexity index is 433. The molecule has 84 valence electrons. The largest absolute Gasteiger partial charge is 0.383 e. The zero-order valence-corrected chi connectivity index (χ0v) is 10.6. The first-order valence-electron chi connectivity index (χ1n) is 4.21. The van der Waals surface area contributed by atoms with E-state index in [-0.39, 0.29) is 9.72 Å². The molecular weight excluding hydrogens is 282 g/mol. The predicted molar refractivity (Wildman–Crippen MR) is 61.4 cm³/mol. The van der Waals surface area contributed by atoms with Crippen LogP contribution in [0.25, 0.3) is 0 Å². The monoisotopic (exact) mass is 293 g/mol. The van der Waals surface area contributed by atoms with Gasteiger partial charge in [-0.15, -0.1) is 0 Å². The molecule has 0 saturated heterocycles. The van der Waals surface area contributed by atoms with Crippen molar-refractivity contribution in [1.29, 1.82) is 0 Å². The van der Waals surface area contributed by atoms with Gasteiger partial charge in [0.05, 0.1) is 16.3 Å². The zero-order valence-electron chi connectivity index (χ0n) is 8.18. The van der Waals surface area contributed by atoms with Gasteiger partial charge in [0.25, 0.3) is 0 Å². The minimum atomic E-state index is -3.68. The van der Waals surface area contributed by atoms with Gasteiger partial charge in [0.15, 0.2) is 0 Å². The molecule has 0 aromatic heterocycles. The van der Waals surface area contributed by atoms with Crippen molar-refractivity contribution in [1.82, 2.24) is 0 Å². The van der Waals surface area contributed by atoms with E-state index in [1.165, 1.54) is 6.07 Å². The van der Waals surface area contributed by atoms with Gasteiger partial charge in [-0.2, -0.15) is 0 Å². The molecule has 1 unspecified atom stereocenters. The van der Waals surface area contributed by atoms with Gasteiger partial charge >= 0.3 is 0 Å². The minimum Gasteiger partial charge on any atom is -0.383 e. The van der Waals surface area contributed by atoms with Gasteiger partial charge in [-0.25, -0.2) is 13.6 Å². The second-order valence-electron chi connectivity index (χ2n) is 3.01. The maximum Gasteiger partial charge on any atom is 0.238 e. The van der Waals surface area contributed by atoms with Gasteiger partial charge in [-0.3, -0.25) is 0 Å². The van der Waals surface area contributed by atoms with Crippen LogP contribution in [0.3, 0.4) is 0 Å². The van der Waals surface area contributed by atoms with Crippen molar-refractivity contribution in [2.45, 2.75) is 9.72 Å². The van der Waals surface area contributed by atoms with Crippen LogP contribution >= 0.6 is 15.9 Å². The normalized spacial score (nSPS) is 13.8. The molecule has 0 radical (unpaired) electrons. The standard InChI is InChI=1S/C9H12BrNO3S/c1-14-6-8(10)7-4-2-3-5-9(7)15(11,12)13/h2-5,8H,6H2,1H3,(H2,11,12,13). The number of hydrogen-bond donors (Lipinski definition) is 1. The molecule has 1 aromatic carbocycles. The van der Waals surface area contributed by atoms with Crippen molar-refractivity contribution < 1.29 is 13.2 Å². The maximum atomic E-state index is 11.3. The summed E-state index contributed by atoms with van der Waals surface area (Å²) in [6.45, 7) is 0.381. The van der Waals surface area contributed by atoms with Gasteiger partial charge in [0, 0.05) is 7.11 Å². The Morgan fingerprint density at radius 2 is 2.07 bits per heavy atom. The summed E-state index contributed by atoms with van der Waals surface area (Å²) in [5.74, 6) is 0. The van der Waals surface area contributed by atoms with E-state index in [1.54, 1.807) is 25.3 Å². The number of rotatable bonds is 4. The van der Waals surface area contributed by atoms with Crippen LogP contribution < -0.4 is 5.14 Å². The van der Waals surface area contributed by atoms with E-state index in [4.69, 9.17) is 9.88 Å². The maximum absolute atomic E-state index is 11.3. The fourth-order valence-corrected chi connectivity index (χ4v) is 2.86. The van der Waals surface area contributed by atoms with Crippen LogP contribution in [0.4, 0.5) is 0 Å². The highest BCUT2D eigenvalue weighted by Gasteiger charge is 2.18. The fourth-order valence-electron chi connectivity index (χ4n) is 1.23. The lowest BCUT2D eigenvalue weighted by Gasteiger charge is -2.12. The molecule has 0 bridgehead atoms. The SMILES string of the molecule is COCC(Br)c1ccccc1S(N)(=O)=O. The minimum absolute atomic E-state index is 0.129. The molecule has 2 N–H and O–H groups in total. The third kappa shape index (κ3) is 3.27. The average Bonchev–Trinajstić information content (AvgIpc) is 2.17. The summed E-state index contributed by atoms with van der Waals surface area (Å²) in [5.41, 5.74) is 0.613. The fraction of sp³-hybridized carbons (Fsp3) is 0.333. The number of primary sulfonamides is 1. The Labute approximate surface area is 97.6 Å². The van der Waals surface area contributed by atoms with Crippen molar-refractivity contribution in [2.24, 2.45) is 5.14 Å². The summed E-state index contributed by atoms with van der Waals surface area (Å²) >= 11 is 3.34. The van der Waals surface area contributed by atoms with Crippen LogP contribution in [-0.4, -0.2) is 22.1 Å². The summed E-state index contributed by atoms with van der Waals surface area (Å²) in [6, 6.07) is 6.58. The Balaban J connectivity index is 3.18. The average molecular weight is 294 g/mol. The quantitative estimate of drug-likeness (QED) is 0.854. The highest BCUT2D eigenvalue weighted by molar-refractivity contribution is 9.09. The first-order valence-corrected chi connectivity index (χ1v) is 6.67. The van der Waals surface area contributed by atoms with E-state index in [9.17, 15) is 8.42 Å². The van der Waals surface area contributed by atoms with Crippen molar-refractivity contribution >= 4 is 26.0 Å². The molecule has 0 aliphatic rings. The van der Waals surface area contributed by atoms with E-state index in [1.807, 2.05) is 0 Å². The summed E-state index contributed by atoms with van der Waals surface area (Å²) in [5, 5.41) is 5.10. The predicted octanol–water partition coefficient (Wildman–Crippen LogP) is 1.42. The first kappa shape index (κ1) is 12.6. The molecule has 0 fully saturated rings. The lowest BCUT2D eigenvalue weighted by atomic mass is 10.2. The van der Waals surface area contributed by atoms with Crippen molar-refractivity contribution in [3.63, 3.8) is 0 Å². The van der Waals surface area contributed by atoms with Gasteiger partial charge in [0.2, 0.25) is 10.0 Å². The molecule has 15 heavy (non-hydrogen) atoms. The number of halogens is 1. The summed E-state index contributed by atoms with van der Waals surface area (Å²) in [4.78, 5) is -0.0547. The van der Waals surface area contributed by atoms with Crippen LogP contribution in [0.15, 0.2) is 29.2 Å². The summed E-state index contributed by atoms with van der Waals surface area (Å²) < 4.78 is 27.5. The third-order valence-corrected chi connectivity index (χ3v) is 3.62. The van der Waals surface area contributed by atoms with Crippen LogP contribution in [0.1, 0.15) is 10.4 Å². The van der Waals surface area contributed by atoms with E-state index in [0.29, 0.717) is 12.2 Å². The van der Waals surface area contributed by atoms with Crippen LogP contribution in [0.5, 0.6) is 0 Å². The molecule has 0 aliphatic carbocycles. The van der Waals surface area contributed by atoms with Gasteiger partial charge < -0.3 is 4.74 Å². The van der Waals surface area contributed by atoms with Gasteiger partial charge in [0.1, 0.15) is 0 Å². The Kier molecular flexibility index (Phi) is 4.27. The molecule has 0 aliphatic heterocycles. The van der Waals surface area contributed by atoms with Crippen LogP contribution in [-0.2, 0) is 14.8 Å². The highest BCUT2D eigenvalue weighted by atomic mass is 79.9. The van der Waals surface area contributed by atoms with E-state index in [2.05, 4.69) is 15.9 Å². The molecule has 0 heterocycles. The molecule has 1 aromatic rings. The molecule has 4 nitrogen and oxygen atoms in total. The highest BCUT2D eigenvalue weighted by Crippen LogP contribution is 2.28. The van der Waals surface area contributed by atoms with Gasteiger partial charge in [-0.1, -0.05) is 34.1 Å². The number of sulfonamides is 1. The Morgan fingerprint density at radius 3 is 2.60 bits per heavy atom. The molecule has 0 saturated carbocycles. The van der Waals surface area contributed by atoms with E-state index < -0.39 is 10.0 Å². The van der Waals surface area contributed by atoms with E-state index >= 15 is 0 Å². The Morgan fingerprint density at radius 1 is 1.47 bits per heavy atom. The summed E-state index contributed by atoms with van der Waals surface area (Å²) in [6.07, 6.45) is 0. The van der Waals surface area contributed by atoms with E-state index in [0.717, 1.165) is 0 Å². The smallest absolute Gasteiger partial charge is 0.238 e. The molecule has 0 spiro atoms. The van der Waals surface area contributed by atoms with Crippen molar-refractivity contribution in [2.75, 3.05) is 13.7 Å². The molecule has 1 atom stereocenters. The lowest BCUT2D eigenvalue weighted by molar-refractivity contribution is 0.201. The molecule has 6 heteroatoms. The molecular formula is C9H12BrNO3S. The Hall–Kier alpha value is -0.430. The number of alkyl halides is 1. The zero-order chi connectivity index (χ0) is 11.5. The number of ether oxygens (including phenoxy) is 1. The second kappa shape index (κ2) is 5.07. The number of benzene rings is 1. The number of nitrogens with two attached hydrogens (primary N) is 1. The van der Waals surface area contributed by atoms with Crippen molar-refractivity contribution in [3.05, 3.63) is 29.8 Å². The third-order valence-electron chi connectivity index (χ3n) is 1.88. The number of hydrogen-bond acceptors (Lipinski definition) is 3.